The van der Waals surface area contributed by atoms with Crippen molar-refractivity contribution in [1.29, 1.82) is 0 Å². The van der Waals surface area contributed by atoms with E-state index in [1.165, 1.54) is 0 Å². The number of alkyl halides is 3. The van der Waals surface area contributed by atoms with Gasteiger partial charge in [0.05, 0.1) is 12.7 Å². The van der Waals surface area contributed by atoms with Crippen LogP contribution in [-0.2, 0) is 10.9 Å². The summed E-state index contributed by atoms with van der Waals surface area (Å²) in [6.45, 7) is 4.02. The normalized spacial score (nSPS) is 11.9. The topological polar surface area (TPSA) is 70.3 Å². The standard InChI is InChI=1S/C10H14F3N3O2/c1-6(2)17-3-4-18-8-5-7(14)15-9(16-8)10(11,12)13/h5-6H,3-4H2,1-2H3,(H2,14,15,16). The highest BCUT2D eigenvalue weighted by Gasteiger charge is 2.35. The van der Waals surface area contributed by atoms with Gasteiger partial charge in [-0.05, 0) is 13.8 Å². The molecule has 0 aliphatic carbocycles. The van der Waals surface area contributed by atoms with E-state index in [-0.39, 0.29) is 31.0 Å². The van der Waals surface area contributed by atoms with Crippen molar-refractivity contribution >= 4 is 5.82 Å². The molecule has 0 fully saturated rings. The molecule has 102 valence electrons. The van der Waals surface area contributed by atoms with E-state index < -0.39 is 12.0 Å². The molecule has 0 atom stereocenters. The van der Waals surface area contributed by atoms with Crippen molar-refractivity contribution in [3.05, 3.63) is 11.9 Å². The van der Waals surface area contributed by atoms with Gasteiger partial charge in [0.25, 0.3) is 0 Å². The summed E-state index contributed by atoms with van der Waals surface area (Å²) in [7, 11) is 0. The third kappa shape index (κ3) is 4.74. The zero-order valence-electron chi connectivity index (χ0n) is 9.99. The fourth-order valence-corrected chi connectivity index (χ4v) is 1.07. The number of nitrogens with zero attached hydrogens (tertiary/aromatic N) is 2. The van der Waals surface area contributed by atoms with Crippen molar-refractivity contribution in [2.45, 2.75) is 26.1 Å². The summed E-state index contributed by atoms with van der Waals surface area (Å²) in [4.78, 5) is 6.32. The number of halogens is 3. The summed E-state index contributed by atoms with van der Waals surface area (Å²) in [6.07, 6.45) is -4.63. The van der Waals surface area contributed by atoms with E-state index in [1.807, 2.05) is 13.8 Å². The number of anilines is 1. The summed E-state index contributed by atoms with van der Waals surface area (Å²) in [5.74, 6) is -1.83. The lowest BCUT2D eigenvalue weighted by Crippen LogP contribution is -2.15. The Bertz CT molecular complexity index is 396. The van der Waals surface area contributed by atoms with Gasteiger partial charge in [0.15, 0.2) is 0 Å². The number of ether oxygens (including phenoxy) is 2. The Hall–Kier alpha value is -1.57. The lowest BCUT2D eigenvalue weighted by molar-refractivity contribution is -0.145. The van der Waals surface area contributed by atoms with Crippen LogP contribution in [0.2, 0.25) is 0 Å². The molecule has 1 aromatic heterocycles. The Morgan fingerprint density at radius 3 is 2.50 bits per heavy atom. The van der Waals surface area contributed by atoms with Gasteiger partial charge in [-0.2, -0.15) is 18.2 Å². The molecule has 0 aliphatic heterocycles. The van der Waals surface area contributed by atoms with Gasteiger partial charge in [0, 0.05) is 6.07 Å². The summed E-state index contributed by atoms with van der Waals surface area (Å²) in [5.41, 5.74) is 5.25. The van der Waals surface area contributed by atoms with Crippen molar-refractivity contribution in [3.8, 4) is 5.88 Å². The third-order valence-electron chi connectivity index (χ3n) is 1.76. The van der Waals surface area contributed by atoms with Crippen molar-refractivity contribution in [2.24, 2.45) is 0 Å². The summed E-state index contributed by atoms with van der Waals surface area (Å²) in [5, 5.41) is 0. The predicted molar refractivity (Wildman–Crippen MR) is 58.0 cm³/mol. The molecule has 2 N–H and O–H groups in total. The molecule has 0 saturated carbocycles. The van der Waals surface area contributed by atoms with Crippen molar-refractivity contribution < 1.29 is 22.6 Å². The Kier molecular flexibility index (Phi) is 4.71. The number of rotatable bonds is 5. The first-order valence-corrected chi connectivity index (χ1v) is 5.25. The van der Waals surface area contributed by atoms with Gasteiger partial charge in [0.2, 0.25) is 11.7 Å². The minimum absolute atomic E-state index is 0.0230. The van der Waals surface area contributed by atoms with Crippen LogP contribution in [0.5, 0.6) is 5.88 Å². The molecule has 0 aromatic carbocycles. The highest BCUT2D eigenvalue weighted by molar-refractivity contribution is 5.33. The monoisotopic (exact) mass is 265 g/mol. The van der Waals surface area contributed by atoms with Crippen LogP contribution in [0.1, 0.15) is 19.7 Å². The first kappa shape index (κ1) is 14.5. The van der Waals surface area contributed by atoms with Crippen LogP contribution < -0.4 is 10.5 Å². The van der Waals surface area contributed by atoms with E-state index in [4.69, 9.17) is 15.2 Å². The minimum Gasteiger partial charge on any atom is -0.475 e. The van der Waals surface area contributed by atoms with Gasteiger partial charge in [-0.15, -0.1) is 0 Å². The molecular weight excluding hydrogens is 251 g/mol. The van der Waals surface area contributed by atoms with Gasteiger partial charge in [-0.1, -0.05) is 0 Å². The molecule has 1 heterocycles. The number of nitrogens with two attached hydrogens (primary N) is 1. The molecule has 0 bridgehead atoms. The largest absolute Gasteiger partial charge is 0.475 e. The fraction of sp³-hybridized carbons (Fsp3) is 0.600. The quantitative estimate of drug-likeness (QED) is 0.823. The minimum atomic E-state index is -4.65. The molecular formula is C10H14F3N3O2. The average Bonchev–Trinajstić information content (AvgIpc) is 2.22. The van der Waals surface area contributed by atoms with Crippen molar-refractivity contribution in [3.63, 3.8) is 0 Å². The molecule has 0 aliphatic rings. The Balaban J connectivity index is 2.63. The Morgan fingerprint density at radius 1 is 1.28 bits per heavy atom. The average molecular weight is 265 g/mol. The van der Waals surface area contributed by atoms with Crippen LogP contribution in [-0.4, -0.2) is 29.3 Å². The smallest absolute Gasteiger partial charge is 0.451 e. The van der Waals surface area contributed by atoms with Crippen LogP contribution in [0.4, 0.5) is 19.0 Å². The zero-order valence-corrected chi connectivity index (χ0v) is 9.99. The number of nitrogen functional groups attached to an aromatic ring is 1. The van der Waals surface area contributed by atoms with Crippen LogP contribution in [0.15, 0.2) is 6.07 Å². The lowest BCUT2D eigenvalue weighted by atomic mass is 10.5. The van der Waals surface area contributed by atoms with E-state index >= 15 is 0 Å². The maximum absolute atomic E-state index is 12.4. The highest BCUT2D eigenvalue weighted by atomic mass is 19.4. The summed E-state index contributed by atoms with van der Waals surface area (Å²) in [6, 6.07) is 1.13. The SMILES string of the molecule is CC(C)OCCOc1cc(N)nc(C(F)(F)F)n1. The van der Waals surface area contributed by atoms with Gasteiger partial charge in [-0.3, -0.25) is 0 Å². The second-order valence-corrected chi connectivity index (χ2v) is 3.72. The first-order chi connectivity index (χ1) is 8.29. The van der Waals surface area contributed by atoms with Crippen LogP contribution in [0.3, 0.4) is 0 Å². The maximum Gasteiger partial charge on any atom is 0.451 e. The zero-order chi connectivity index (χ0) is 13.8. The highest BCUT2D eigenvalue weighted by Crippen LogP contribution is 2.28. The molecule has 5 nitrogen and oxygen atoms in total. The van der Waals surface area contributed by atoms with E-state index in [9.17, 15) is 13.2 Å². The second-order valence-electron chi connectivity index (χ2n) is 3.72. The number of hydrogen-bond donors (Lipinski definition) is 1. The van der Waals surface area contributed by atoms with Crippen molar-refractivity contribution in [2.75, 3.05) is 18.9 Å². The Morgan fingerprint density at radius 2 is 1.94 bits per heavy atom. The van der Waals surface area contributed by atoms with Gasteiger partial charge in [0.1, 0.15) is 12.4 Å². The van der Waals surface area contributed by atoms with Gasteiger partial charge in [-0.25, -0.2) is 4.98 Å². The summed E-state index contributed by atoms with van der Waals surface area (Å²) >= 11 is 0. The summed E-state index contributed by atoms with van der Waals surface area (Å²) < 4.78 is 47.3. The third-order valence-corrected chi connectivity index (χ3v) is 1.76. The molecule has 1 aromatic rings. The van der Waals surface area contributed by atoms with Crippen LogP contribution in [0.25, 0.3) is 0 Å². The van der Waals surface area contributed by atoms with E-state index in [0.29, 0.717) is 0 Å². The van der Waals surface area contributed by atoms with E-state index in [1.54, 1.807) is 0 Å². The second kappa shape index (κ2) is 5.85. The number of hydrogen-bond acceptors (Lipinski definition) is 5. The van der Waals surface area contributed by atoms with E-state index in [2.05, 4.69) is 9.97 Å². The molecule has 8 heteroatoms. The first-order valence-electron chi connectivity index (χ1n) is 5.25. The van der Waals surface area contributed by atoms with E-state index in [0.717, 1.165) is 6.07 Å². The number of aromatic nitrogens is 2. The molecule has 1 rings (SSSR count). The molecule has 0 spiro atoms. The molecule has 0 unspecified atom stereocenters. The van der Waals surface area contributed by atoms with Crippen LogP contribution in [0, 0.1) is 0 Å². The lowest BCUT2D eigenvalue weighted by Gasteiger charge is -2.10. The van der Waals surface area contributed by atoms with Crippen molar-refractivity contribution in [1.82, 2.24) is 9.97 Å². The fourth-order valence-electron chi connectivity index (χ4n) is 1.07. The van der Waals surface area contributed by atoms with Gasteiger partial charge >= 0.3 is 6.18 Å². The van der Waals surface area contributed by atoms with Gasteiger partial charge < -0.3 is 15.2 Å². The predicted octanol–water partition coefficient (Wildman–Crippen LogP) is 1.88. The molecule has 18 heavy (non-hydrogen) atoms. The molecule has 0 saturated heterocycles. The Labute approximate surface area is 102 Å². The molecule has 0 amide bonds. The molecule has 0 radical (unpaired) electrons. The maximum atomic E-state index is 12.4. The van der Waals surface area contributed by atoms with Crippen LogP contribution >= 0.6 is 0 Å².